The first-order chi connectivity index (χ1) is 11.9. The van der Waals surface area contributed by atoms with Crippen molar-refractivity contribution in [1.82, 2.24) is 19.9 Å². The van der Waals surface area contributed by atoms with E-state index in [1.165, 1.54) is 24.3 Å². The fourth-order valence-electron chi connectivity index (χ4n) is 2.19. The van der Waals surface area contributed by atoms with Crippen LogP contribution < -0.4 is 5.32 Å². The minimum atomic E-state index is -4.37. The lowest BCUT2D eigenvalue weighted by Gasteiger charge is -2.05. The highest BCUT2D eigenvalue weighted by Crippen LogP contribution is 2.29. The molecule has 0 saturated heterocycles. The molecule has 0 unspecified atom stereocenters. The molecule has 1 aromatic carbocycles. The van der Waals surface area contributed by atoms with Crippen molar-refractivity contribution in [3.05, 3.63) is 71.7 Å². The van der Waals surface area contributed by atoms with E-state index in [1.807, 2.05) is 12.1 Å². The van der Waals surface area contributed by atoms with E-state index < -0.39 is 11.7 Å². The van der Waals surface area contributed by atoms with Gasteiger partial charge in [0.1, 0.15) is 0 Å². The Morgan fingerprint density at radius 1 is 1.12 bits per heavy atom. The van der Waals surface area contributed by atoms with Gasteiger partial charge in [-0.1, -0.05) is 18.2 Å². The van der Waals surface area contributed by atoms with Crippen LogP contribution in [0.15, 0.2) is 54.7 Å². The normalized spacial score (nSPS) is 12.0. The molecular formula is C17H13F3N4O. The van der Waals surface area contributed by atoms with Crippen molar-refractivity contribution in [3.63, 3.8) is 0 Å². The summed E-state index contributed by atoms with van der Waals surface area (Å²) in [7, 11) is 0. The van der Waals surface area contributed by atoms with E-state index in [2.05, 4.69) is 15.5 Å². The Bertz CT molecular complexity index is 914. The number of aromatic nitrogens is 3. The van der Waals surface area contributed by atoms with Crippen LogP contribution in [0.4, 0.5) is 13.2 Å². The van der Waals surface area contributed by atoms with E-state index in [0.29, 0.717) is 17.0 Å². The van der Waals surface area contributed by atoms with Crippen molar-refractivity contribution in [3.8, 4) is 0 Å². The van der Waals surface area contributed by atoms with E-state index >= 15 is 0 Å². The van der Waals surface area contributed by atoms with E-state index in [9.17, 15) is 18.0 Å². The molecule has 0 fully saturated rings. The van der Waals surface area contributed by atoms with Crippen LogP contribution in [0.1, 0.15) is 17.0 Å². The van der Waals surface area contributed by atoms with Crippen molar-refractivity contribution < 1.29 is 18.0 Å². The second kappa shape index (κ2) is 6.76. The molecule has 0 saturated carbocycles. The van der Waals surface area contributed by atoms with E-state index in [1.54, 1.807) is 16.7 Å². The Morgan fingerprint density at radius 3 is 2.60 bits per heavy atom. The molecule has 1 N–H and O–H groups in total. The van der Waals surface area contributed by atoms with Crippen LogP contribution in [0.2, 0.25) is 0 Å². The van der Waals surface area contributed by atoms with Gasteiger partial charge in [0.05, 0.1) is 12.1 Å². The SMILES string of the molecule is O=C(C=Cc1ccc(C(F)(F)F)cc1)NCc1nnc2ccccn12. The summed E-state index contributed by atoms with van der Waals surface area (Å²) in [6, 6.07) is 10.0. The third-order valence-corrected chi connectivity index (χ3v) is 3.47. The second-order valence-corrected chi connectivity index (χ2v) is 5.22. The van der Waals surface area contributed by atoms with Gasteiger partial charge in [-0.15, -0.1) is 10.2 Å². The highest BCUT2D eigenvalue weighted by atomic mass is 19.4. The van der Waals surface area contributed by atoms with E-state index in [-0.39, 0.29) is 12.5 Å². The van der Waals surface area contributed by atoms with Crippen molar-refractivity contribution in [2.75, 3.05) is 0 Å². The highest BCUT2D eigenvalue weighted by Gasteiger charge is 2.29. The molecule has 2 heterocycles. The summed E-state index contributed by atoms with van der Waals surface area (Å²) in [4.78, 5) is 11.8. The summed E-state index contributed by atoms with van der Waals surface area (Å²) < 4.78 is 39.2. The van der Waals surface area contributed by atoms with Crippen LogP contribution in [0.3, 0.4) is 0 Å². The summed E-state index contributed by atoms with van der Waals surface area (Å²) in [5.74, 6) is 0.194. The lowest BCUT2D eigenvalue weighted by Crippen LogP contribution is -2.21. The molecule has 0 aliphatic heterocycles. The molecule has 2 aromatic heterocycles. The summed E-state index contributed by atoms with van der Waals surface area (Å²) in [5.41, 5.74) is 0.441. The third kappa shape index (κ3) is 4.03. The first kappa shape index (κ1) is 16.7. The first-order valence-electron chi connectivity index (χ1n) is 7.35. The number of benzene rings is 1. The predicted octanol–water partition coefficient (Wildman–Crippen LogP) is 3.08. The lowest BCUT2D eigenvalue weighted by atomic mass is 10.1. The molecule has 1 amide bonds. The average Bonchev–Trinajstić information content (AvgIpc) is 3.01. The van der Waals surface area contributed by atoms with E-state index in [0.717, 1.165) is 12.1 Å². The Morgan fingerprint density at radius 2 is 1.88 bits per heavy atom. The summed E-state index contributed by atoms with van der Waals surface area (Å²) in [6.07, 6.45) is 0.110. The maximum absolute atomic E-state index is 12.5. The number of nitrogens with one attached hydrogen (secondary N) is 1. The summed E-state index contributed by atoms with van der Waals surface area (Å²) >= 11 is 0. The molecule has 5 nitrogen and oxygen atoms in total. The van der Waals surface area contributed by atoms with Gasteiger partial charge < -0.3 is 5.32 Å². The first-order valence-corrected chi connectivity index (χ1v) is 7.35. The van der Waals surface area contributed by atoms with Crippen molar-refractivity contribution in [2.45, 2.75) is 12.7 Å². The number of carbonyl (C=O) groups is 1. The molecule has 0 atom stereocenters. The van der Waals surface area contributed by atoms with Crippen LogP contribution in [0, 0.1) is 0 Å². The zero-order valence-electron chi connectivity index (χ0n) is 12.9. The predicted molar refractivity (Wildman–Crippen MR) is 85.3 cm³/mol. The number of amides is 1. The summed E-state index contributed by atoms with van der Waals surface area (Å²) in [5, 5.41) is 10.6. The Balaban J connectivity index is 1.59. The maximum atomic E-state index is 12.5. The van der Waals surface area contributed by atoms with Gasteiger partial charge in [-0.3, -0.25) is 9.20 Å². The fraction of sp³-hybridized carbons (Fsp3) is 0.118. The Kier molecular flexibility index (Phi) is 4.51. The molecule has 3 aromatic rings. The molecule has 0 bridgehead atoms. The van der Waals surface area contributed by atoms with Gasteiger partial charge in [-0.25, -0.2) is 0 Å². The lowest BCUT2D eigenvalue weighted by molar-refractivity contribution is -0.137. The number of hydrogen-bond donors (Lipinski definition) is 1. The number of nitrogens with zero attached hydrogens (tertiary/aromatic N) is 3. The number of fused-ring (bicyclic) bond motifs is 1. The number of hydrogen-bond acceptors (Lipinski definition) is 3. The number of pyridine rings is 1. The molecule has 0 aliphatic carbocycles. The fourth-order valence-corrected chi connectivity index (χ4v) is 2.19. The molecule has 128 valence electrons. The van der Waals surface area contributed by atoms with Crippen molar-refractivity contribution >= 4 is 17.6 Å². The highest BCUT2D eigenvalue weighted by molar-refractivity contribution is 5.91. The average molecular weight is 346 g/mol. The minimum Gasteiger partial charge on any atom is -0.345 e. The van der Waals surface area contributed by atoms with Crippen LogP contribution in [0.25, 0.3) is 11.7 Å². The Labute approximate surface area is 140 Å². The zero-order chi connectivity index (χ0) is 17.9. The maximum Gasteiger partial charge on any atom is 0.416 e. The second-order valence-electron chi connectivity index (χ2n) is 5.22. The molecule has 25 heavy (non-hydrogen) atoms. The number of rotatable bonds is 4. The van der Waals surface area contributed by atoms with Gasteiger partial charge in [-0.2, -0.15) is 13.2 Å². The van der Waals surface area contributed by atoms with Gasteiger partial charge in [0.2, 0.25) is 5.91 Å². The third-order valence-electron chi connectivity index (χ3n) is 3.47. The molecule has 3 rings (SSSR count). The zero-order valence-corrected chi connectivity index (χ0v) is 12.9. The smallest absolute Gasteiger partial charge is 0.345 e. The van der Waals surface area contributed by atoms with Crippen LogP contribution in [0.5, 0.6) is 0 Å². The molecular weight excluding hydrogens is 333 g/mol. The quantitative estimate of drug-likeness (QED) is 0.739. The van der Waals surface area contributed by atoms with Crippen molar-refractivity contribution in [2.24, 2.45) is 0 Å². The van der Waals surface area contributed by atoms with Crippen LogP contribution >= 0.6 is 0 Å². The van der Waals surface area contributed by atoms with Gasteiger partial charge in [0.25, 0.3) is 0 Å². The minimum absolute atomic E-state index is 0.182. The number of halogens is 3. The molecule has 0 radical (unpaired) electrons. The number of carbonyl (C=O) groups excluding carboxylic acids is 1. The van der Waals surface area contributed by atoms with Crippen LogP contribution in [-0.2, 0) is 17.5 Å². The monoisotopic (exact) mass is 346 g/mol. The topological polar surface area (TPSA) is 59.3 Å². The van der Waals surface area contributed by atoms with Gasteiger partial charge >= 0.3 is 6.18 Å². The van der Waals surface area contributed by atoms with Gasteiger partial charge in [-0.05, 0) is 35.9 Å². The standard InChI is InChI=1S/C17H13F3N4O/c18-17(19,20)13-7-4-12(5-8-13)6-9-16(25)21-11-15-23-22-14-3-1-2-10-24(14)15/h1-10H,11H2,(H,21,25). The molecule has 0 aliphatic rings. The van der Waals surface area contributed by atoms with Gasteiger partial charge in [0.15, 0.2) is 11.5 Å². The largest absolute Gasteiger partial charge is 0.416 e. The summed E-state index contributed by atoms with van der Waals surface area (Å²) in [6.45, 7) is 0.182. The Hall–Kier alpha value is -3.16. The van der Waals surface area contributed by atoms with E-state index in [4.69, 9.17) is 0 Å². The number of alkyl halides is 3. The molecule has 0 spiro atoms. The van der Waals surface area contributed by atoms with Crippen LogP contribution in [-0.4, -0.2) is 20.5 Å². The van der Waals surface area contributed by atoms with Gasteiger partial charge in [0, 0.05) is 12.3 Å². The van der Waals surface area contributed by atoms with Crippen molar-refractivity contribution in [1.29, 1.82) is 0 Å². The molecule has 8 heteroatoms.